The molecular weight excluding hydrogens is 212 g/mol. The number of ether oxygens (including phenoxy) is 1. The predicted molar refractivity (Wildman–Crippen MR) is 70.6 cm³/mol. The van der Waals surface area contributed by atoms with Gasteiger partial charge in [0.2, 0.25) is 0 Å². The molecule has 1 atom stereocenters. The lowest BCUT2D eigenvalue weighted by atomic mass is 9.98. The first-order valence-corrected chi connectivity index (χ1v) is 6.29. The van der Waals surface area contributed by atoms with Crippen LogP contribution in [-0.2, 0) is 0 Å². The molecule has 1 aliphatic heterocycles. The van der Waals surface area contributed by atoms with Crippen LogP contribution in [0.4, 0.5) is 0 Å². The fourth-order valence-electron chi connectivity index (χ4n) is 2.26. The van der Waals surface area contributed by atoms with Crippen LogP contribution >= 0.6 is 0 Å². The number of aryl methyl sites for hydroxylation is 1. The van der Waals surface area contributed by atoms with E-state index in [1.54, 1.807) is 0 Å². The van der Waals surface area contributed by atoms with Gasteiger partial charge in [0.1, 0.15) is 5.75 Å². The van der Waals surface area contributed by atoms with Crippen LogP contribution in [0.2, 0.25) is 0 Å². The highest BCUT2D eigenvalue weighted by Crippen LogP contribution is 2.34. The van der Waals surface area contributed by atoms with E-state index < -0.39 is 0 Å². The van der Waals surface area contributed by atoms with Gasteiger partial charge in [-0.25, -0.2) is 0 Å². The van der Waals surface area contributed by atoms with Gasteiger partial charge >= 0.3 is 0 Å². The van der Waals surface area contributed by atoms with Crippen LogP contribution < -0.4 is 10.1 Å². The number of likely N-dealkylation sites (N-methyl/N-ethyl adjacent to an activating group) is 1. The van der Waals surface area contributed by atoms with Gasteiger partial charge < -0.3 is 15.0 Å². The minimum atomic E-state index is 0.443. The maximum atomic E-state index is 5.76. The standard InChI is InChI=1S/C14H22N2O/c1-11-5-4-6-12-13(7-10-17-14(11)12)15-8-9-16(2)3/h4-6,13,15H,7-10H2,1-3H3. The SMILES string of the molecule is Cc1cccc2c1OCCC2NCCN(C)C. The molecule has 0 bridgehead atoms. The van der Waals surface area contributed by atoms with Crippen LogP contribution in [0.5, 0.6) is 5.75 Å². The average Bonchev–Trinajstić information content (AvgIpc) is 2.30. The lowest BCUT2D eigenvalue weighted by Gasteiger charge is -2.28. The first-order valence-electron chi connectivity index (χ1n) is 6.29. The summed E-state index contributed by atoms with van der Waals surface area (Å²) in [5.41, 5.74) is 2.55. The summed E-state index contributed by atoms with van der Waals surface area (Å²) >= 11 is 0. The topological polar surface area (TPSA) is 24.5 Å². The molecule has 2 rings (SSSR count). The average molecular weight is 234 g/mol. The van der Waals surface area contributed by atoms with Crippen LogP contribution in [0.15, 0.2) is 18.2 Å². The molecule has 1 heterocycles. The minimum absolute atomic E-state index is 0.443. The van der Waals surface area contributed by atoms with Crippen LogP contribution in [0.25, 0.3) is 0 Å². The summed E-state index contributed by atoms with van der Waals surface area (Å²) in [4.78, 5) is 2.20. The van der Waals surface area contributed by atoms with E-state index in [2.05, 4.69) is 49.4 Å². The summed E-state index contributed by atoms with van der Waals surface area (Å²) in [6.45, 7) is 5.02. The zero-order chi connectivity index (χ0) is 12.3. The molecule has 0 saturated heterocycles. The van der Waals surface area contributed by atoms with E-state index in [1.165, 1.54) is 11.1 Å². The second kappa shape index (κ2) is 5.52. The first-order chi connectivity index (χ1) is 8.18. The Morgan fingerprint density at radius 1 is 1.41 bits per heavy atom. The molecule has 3 nitrogen and oxygen atoms in total. The van der Waals surface area contributed by atoms with Gasteiger partial charge in [-0.3, -0.25) is 0 Å². The molecule has 1 aliphatic rings. The number of para-hydroxylation sites is 1. The quantitative estimate of drug-likeness (QED) is 0.862. The van der Waals surface area contributed by atoms with Gasteiger partial charge in [-0.2, -0.15) is 0 Å². The summed E-state index contributed by atoms with van der Waals surface area (Å²) in [7, 11) is 4.20. The highest BCUT2D eigenvalue weighted by molar-refractivity contribution is 5.43. The van der Waals surface area contributed by atoms with E-state index in [4.69, 9.17) is 4.74 Å². The molecule has 94 valence electrons. The Labute approximate surface area is 104 Å². The van der Waals surface area contributed by atoms with E-state index in [1.807, 2.05) is 0 Å². The largest absolute Gasteiger partial charge is 0.493 e. The molecule has 1 N–H and O–H groups in total. The third-order valence-corrected chi connectivity index (χ3v) is 3.22. The number of hydrogen-bond acceptors (Lipinski definition) is 3. The molecule has 0 aromatic heterocycles. The Morgan fingerprint density at radius 2 is 2.24 bits per heavy atom. The van der Waals surface area contributed by atoms with E-state index in [9.17, 15) is 0 Å². The number of rotatable bonds is 4. The number of nitrogens with one attached hydrogen (secondary N) is 1. The van der Waals surface area contributed by atoms with Crippen LogP contribution in [0.3, 0.4) is 0 Å². The lowest BCUT2D eigenvalue weighted by molar-refractivity contribution is 0.248. The van der Waals surface area contributed by atoms with Gasteiger partial charge in [-0.05, 0) is 26.6 Å². The summed E-state index contributed by atoms with van der Waals surface area (Å²) in [5.74, 6) is 1.08. The summed E-state index contributed by atoms with van der Waals surface area (Å²) in [6, 6.07) is 6.85. The van der Waals surface area contributed by atoms with Crippen LogP contribution in [-0.4, -0.2) is 38.7 Å². The highest BCUT2D eigenvalue weighted by atomic mass is 16.5. The van der Waals surface area contributed by atoms with Gasteiger partial charge in [-0.15, -0.1) is 0 Å². The van der Waals surface area contributed by atoms with Gasteiger partial charge in [0.15, 0.2) is 0 Å². The zero-order valence-electron chi connectivity index (χ0n) is 11.0. The Bertz CT molecular complexity index is 376. The third-order valence-electron chi connectivity index (χ3n) is 3.22. The highest BCUT2D eigenvalue weighted by Gasteiger charge is 2.21. The lowest BCUT2D eigenvalue weighted by Crippen LogP contribution is -2.32. The van der Waals surface area contributed by atoms with Crippen molar-refractivity contribution in [1.29, 1.82) is 0 Å². The smallest absolute Gasteiger partial charge is 0.126 e. The molecule has 0 amide bonds. The van der Waals surface area contributed by atoms with Crippen LogP contribution in [0.1, 0.15) is 23.6 Å². The maximum absolute atomic E-state index is 5.76. The normalized spacial score (nSPS) is 18.9. The van der Waals surface area contributed by atoms with E-state index in [0.717, 1.165) is 31.9 Å². The summed E-state index contributed by atoms with van der Waals surface area (Å²) < 4.78 is 5.76. The van der Waals surface area contributed by atoms with Crippen molar-refractivity contribution in [2.24, 2.45) is 0 Å². The Hall–Kier alpha value is -1.06. The van der Waals surface area contributed by atoms with Gasteiger partial charge in [0.05, 0.1) is 6.61 Å². The molecule has 1 aromatic rings. The van der Waals surface area contributed by atoms with Crippen molar-refractivity contribution in [3.05, 3.63) is 29.3 Å². The van der Waals surface area contributed by atoms with Gasteiger partial charge in [0.25, 0.3) is 0 Å². The molecule has 0 saturated carbocycles. The Morgan fingerprint density at radius 3 is 3.00 bits per heavy atom. The second-order valence-corrected chi connectivity index (χ2v) is 4.94. The minimum Gasteiger partial charge on any atom is -0.493 e. The molecule has 3 heteroatoms. The fraction of sp³-hybridized carbons (Fsp3) is 0.571. The van der Waals surface area contributed by atoms with Crippen molar-refractivity contribution in [3.8, 4) is 5.75 Å². The number of nitrogens with zero attached hydrogens (tertiary/aromatic N) is 1. The second-order valence-electron chi connectivity index (χ2n) is 4.94. The summed E-state index contributed by atoms with van der Waals surface area (Å²) in [5, 5.41) is 3.61. The van der Waals surface area contributed by atoms with Crippen LogP contribution in [0, 0.1) is 6.92 Å². The Kier molecular flexibility index (Phi) is 4.02. The van der Waals surface area contributed by atoms with Crippen molar-refractivity contribution < 1.29 is 4.74 Å². The van der Waals surface area contributed by atoms with Crippen molar-refractivity contribution in [2.45, 2.75) is 19.4 Å². The van der Waals surface area contributed by atoms with Crippen molar-refractivity contribution in [1.82, 2.24) is 10.2 Å². The third kappa shape index (κ3) is 2.99. The number of hydrogen-bond donors (Lipinski definition) is 1. The zero-order valence-corrected chi connectivity index (χ0v) is 11.0. The van der Waals surface area contributed by atoms with Crippen molar-refractivity contribution >= 4 is 0 Å². The van der Waals surface area contributed by atoms with Gasteiger partial charge in [-0.1, -0.05) is 18.2 Å². The molecule has 1 aromatic carbocycles. The molecule has 0 fully saturated rings. The predicted octanol–water partition coefficient (Wildman–Crippen LogP) is 1.97. The molecule has 1 unspecified atom stereocenters. The maximum Gasteiger partial charge on any atom is 0.126 e. The molecule has 0 spiro atoms. The number of fused-ring (bicyclic) bond motifs is 1. The first kappa shape index (κ1) is 12.4. The van der Waals surface area contributed by atoms with Crippen molar-refractivity contribution in [3.63, 3.8) is 0 Å². The van der Waals surface area contributed by atoms with E-state index >= 15 is 0 Å². The van der Waals surface area contributed by atoms with E-state index in [-0.39, 0.29) is 0 Å². The van der Waals surface area contributed by atoms with Gasteiger partial charge in [0, 0.05) is 31.1 Å². The summed E-state index contributed by atoms with van der Waals surface area (Å²) in [6.07, 6.45) is 1.06. The Balaban J connectivity index is 2.04. The molecular formula is C14H22N2O. The molecule has 0 aliphatic carbocycles. The van der Waals surface area contributed by atoms with E-state index in [0.29, 0.717) is 6.04 Å². The monoisotopic (exact) mass is 234 g/mol. The molecule has 17 heavy (non-hydrogen) atoms. The fourth-order valence-corrected chi connectivity index (χ4v) is 2.26. The van der Waals surface area contributed by atoms with Crippen molar-refractivity contribution in [2.75, 3.05) is 33.8 Å². The number of benzene rings is 1. The molecule has 0 radical (unpaired) electrons.